The van der Waals surface area contributed by atoms with Gasteiger partial charge >= 0.3 is 5.97 Å². The summed E-state index contributed by atoms with van der Waals surface area (Å²) >= 11 is 0. The quantitative estimate of drug-likeness (QED) is 0.761. The number of hydrogen-bond acceptors (Lipinski definition) is 3. The predicted octanol–water partition coefficient (Wildman–Crippen LogP) is 2.19. The van der Waals surface area contributed by atoms with Gasteiger partial charge < -0.3 is 9.94 Å². The second-order valence-electron chi connectivity index (χ2n) is 4.72. The van der Waals surface area contributed by atoms with Crippen LogP contribution >= 0.6 is 0 Å². The highest BCUT2D eigenvalue weighted by molar-refractivity contribution is 5.94. The van der Waals surface area contributed by atoms with Crippen molar-refractivity contribution in [2.45, 2.75) is 51.0 Å². The maximum absolute atomic E-state index is 11.0. The van der Waals surface area contributed by atoms with E-state index < -0.39 is 11.6 Å². The average molecular weight is 211 g/mol. The third-order valence-corrected chi connectivity index (χ3v) is 3.41. The fourth-order valence-electron chi connectivity index (χ4n) is 2.34. The number of carboxylic acid groups (broad SMARTS) is 1. The van der Waals surface area contributed by atoms with Gasteiger partial charge in [0.25, 0.3) is 0 Å². The number of nitrogens with zero attached hydrogens (tertiary/aromatic N) is 1. The monoisotopic (exact) mass is 211 g/mol. The number of carbonyl (C=O) groups is 1. The molecule has 1 aliphatic carbocycles. The molecule has 1 atom stereocenters. The second kappa shape index (κ2) is 3.83. The van der Waals surface area contributed by atoms with Gasteiger partial charge in [-0.1, -0.05) is 24.4 Å². The molecule has 0 aromatic rings. The highest BCUT2D eigenvalue weighted by Gasteiger charge is 2.43. The molecule has 1 N–H and O–H groups in total. The first-order chi connectivity index (χ1) is 7.12. The summed E-state index contributed by atoms with van der Waals surface area (Å²) in [7, 11) is 0. The zero-order valence-corrected chi connectivity index (χ0v) is 9.03. The Labute approximate surface area is 89.3 Å². The molecule has 15 heavy (non-hydrogen) atoms. The summed E-state index contributed by atoms with van der Waals surface area (Å²) in [5, 5.41) is 13.0. The van der Waals surface area contributed by atoms with Crippen LogP contribution in [0, 0.1) is 5.92 Å². The summed E-state index contributed by atoms with van der Waals surface area (Å²) in [6.07, 6.45) is 6.48. The lowest BCUT2D eigenvalue weighted by atomic mass is 9.82. The van der Waals surface area contributed by atoms with Gasteiger partial charge in [-0.05, 0) is 19.8 Å². The van der Waals surface area contributed by atoms with E-state index in [0.29, 0.717) is 12.3 Å². The van der Waals surface area contributed by atoms with E-state index in [9.17, 15) is 4.79 Å². The van der Waals surface area contributed by atoms with Crippen LogP contribution in [0.15, 0.2) is 5.16 Å². The summed E-state index contributed by atoms with van der Waals surface area (Å²) in [6, 6.07) is 0. The molecule has 1 fully saturated rings. The molecule has 84 valence electrons. The topological polar surface area (TPSA) is 58.9 Å². The lowest BCUT2D eigenvalue weighted by Gasteiger charge is -2.21. The Balaban J connectivity index is 1.99. The van der Waals surface area contributed by atoms with Gasteiger partial charge in [0.2, 0.25) is 5.60 Å². The second-order valence-corrected chi connectivity index (χ2v) is 4.72. The van der Waals surface area contributed by atoms with Crippen molar-refractivity contribution in [3.8, 4) is 0 Å². The first kappa shape index (κ1) is 10.5. The van der Waals surface area contributed by atoms with Crippen LogP contribution in [0.3, 0.4) is 0 Å². The molecule has 1 unspecified atom stereocenters. The SMILES string of the molecule is CC1(C(=O)O)CC(C2CCCCC2)=NO1. The molecule has 0 radical (unpaired) electrons. The Morgan fingerprint density at radius 1 is 1.47 bits per heavy atom. The first-order valence-electron chi connectivity index (χ1n) is 5.60. The molecule has 2 rings (SSSR count). The van der Waals surface area contributed by atoms with Gasteiger partial charge in [-0.25, -0.2) is 4.79 Å². The van der Waals surface area contributed by atoms with Crippen molar-refractivity contribution in [1.82, 2.24) is 0 Å². The van der Waals surface area contributed by atoms with Gasteiger partial charge in [-0.15, -0.1) is 0 Å². The molecule has 0 spiro atoms. The summed E-state index contributed by atoms with van der Waals surface area (Å²) < 4.78 is 0. The van der Waals surface area contributed by atoms with Crippen molar-refractivity contribution in [1.29, 1.82) is 0 Å². The standard InChI is InChI=1S/C11H17NO3/c1-11(10(13)14)7-9(12-15-11)8-5-3-2-4-6-8/h8H,2-7H2,1H3,(H,13,14). The summed E-state index contributed by atoms with van der Waals surface area (Å²) in [5.74, 6) is -0.461. The van der Waals surface area contributed by atoms with Crippen LogP contribution in [-0.4, -0.2) is 22.4 Å². The molecular weight excluding hydrogens is 194 g/mol. The summed E-state index contributed by atoms with van der Waals surface area (Å²) in [6.45, 7) is 1.59. The smallest absolute Gasteiger partial charge is 0.351 e. The molecule has 4 nitrogen and oxygen atoms in total. The predicted molar refractivity (Wildman–Crippen MR) is 55.8 cm³/mol. The van der Waals surface area contributed by atoms with Gasteiger partial charge in [-0.2, -0.15) is 0 Å². The van der Waals surface area contributed by atoms with Gasteiger partial charge in [0.05, 0.1) is 5.71 Å². The Kier molecular flexibility index (Phi) is 2.67. The molecule has 0 bridgehead atoms. The summed E-state index contributed by atoms with van der Waals surface area (Å²) in [5.41, 5.74) is -0.160. The Bertz CT molecular complexity index is 294. The van der Waals surface area contributed by atoms with Crippen LogP contribution in [-0.2, 0) is 9.63 Å². The average Bonchev–Trinajstić information content (AvgIpc) is 2.64. The Morgan fingerprint density at radius 2 is 2.13 bits per heavy atom. The van der Waals surface area contributed by atoms with Gasteiger partial charge in [0.1, 0.15) is 0 Å². The molecule has 4 heteroatoms. The highest BCUT2D eigenvalue weighted by Crippen LogP contribution is 2.33. The number of hydrogen-bond donors (Lipinski definition) is 1. The van der Waals surface area contributed by atoms with Crippen molar-refractivity contribution >= 4 is 11.7 Å². The van der Waals surface area contributed by atoms with Crippen LogP contribution in [0.5, 0.6) is 0 Å². The molecule has 0 amide bonds. The fourth-order valence-corrected chi connectivity index (χ4v) is 2.34. The van der Waals surface area contributed by atoms with Crippen molar-refractivity contribution < 1.29 is 14.7 Å². The highest BCUT2D eigenvalue weighted by atomic mass is 16.7. The minimum Gasteiger partial charge on any atom is -0.478 e. The summed E-state index contributed by atoms with van der Waals surface area (Å²) in [4.78, 5) is 16.0. The third kappa shape index (κ3) is 1.98. The van der Waals surface area contributed by atoms with Crippen molar-refractivity contribution in [2.24, 2.45) is 11.1 Å². The number of aliphatic carboxylic acids is 1. The van der Waals surface area contributed by atoms with E-state index in [2.05, 4.69) is 5.16 Å². The molecule has 0 aromatic heterocycles. The van der Waals surface area contributed by atoms with Crippen LogP contribution < -0.4 is 0 Å². The van der Waals surface area contributed by atoms with Crippen LogP contribution in [0.25, 0.3) is 0 Å². The third-order valence-electron chi connectivity index (χ3n) is 3.41. The molecule has 0 aromatic carbocycles. The number of carboxylic acids is 1. The maximum atomic E-state index is 11.0. The minimum atomic E-state index is -1.12. The van der Waals surface area contributed by atoms with E-state index in [-0.39, 0.29) is 0 Å². The normalized spacial score (nSPS) is 32.2. The molecule has 0 saturated heterocycles. The van der Waals surface area contributed by atoms with E-state index in [1.54, 1.807) is 6.92 Å². The number of oxime groups is 1. The molecule has 1 aliphatic heterocycles. The van der Waals surface area contributed by atoms with E-state index in [1.165, 1.54) is 19.3 Å². The van der Waals surface area contributed by atoms with E-state index in [1.807, 2.05) is 0 Å². The largest absolute Gasteiger partial charge is 0.478 e. The molecular formula is C11H17NO3. The number of rotatable bonds is 2. The van der Waals surface area contributed by atoms with Crippen LogP contribution in [0.2, 0.25) is 0 Å². The van der Waals surface area contributed by atoms with E-state index in [4.69, 9.17) is 9.94 Å². The van der Waals surface area contributed by atoms with Crippen molar-refractivity contribution in [3.05, 3.63) is 0 Å². The van der Waals surface area contributed by atoms with Gasteiger partial charge in [0, 0.05) is 12.3 Å². The fraction of sp³-hybridized carbons (Fsp3) is 0.818. The van der Waals surface area contributed by atoms with Crippen LogP contribution in [0.4, 0.5) is 0 Å². The zero-order chi connectivity index (χ0) is 10.9. The Morgan fingerprint density at radius 3 is 2.67 bits per heavy atom. The van der Waals surface area contributed by atoms with Crippen LogP contribution in [0.1, 0.15) is 45.4 Å². The minimum absolute atomic E-state index is 0.451. The molecule has 2 aliphatic rings. The van der Waals surface area contributed by atoms with Crippen molar-refractivity contribution in [2.75, 3.05) is 0 Å². The molecule has 1 heterocycles. The van der Waals surface area contributed by atoms with Gasteiger partial charge in [0.15, 0.2) is 0 Å². The molecule has 1 saturated carbocycles. The Hall–Kier alpha value is -1.06. The van der Waals surface area contributed by atoms with E-state index in [0.717, 1.165) is 18.6 Å². The zero-order valence-electron chi connectivity index (χ0n) is 9.03. The lowest BCUT2D eigenvalue weighted by Crippen LogP contribution is -2.36. The van der Waals surface area contributed by atoms with Gasteiger partial charge in [-0.3, -0.25) is 0 Å². The maximum Gasteiger partial charge on any atom is 0.351 e. The van der Waals surface area contributed by atoms with E-state index >= 15 is 0 Å². The van der Waals surface area contributed by atoms with Crippen molar-refractivity contribution in [3.63, 3.8) is 0 Å². The first-order valence-corrected chi connectivity index (χ1v) is 5.60. The lowest BCUT2D eigenvalue weighted by molar-refractivity contribution is -0.160.